The van der Waals surface area contributed by atoms with E-state index in [9.17, 15) is 24.5 Å². The van der Waals surface area contributed by atoms with E-state index in [-0.39, 0.29) is 52.1 Å². The molecule has 1 aliphatic heterocycles. The number of amides is 2. The second kappa shape index (κ2) is 15.2. The maximum Gasteiger partial charge on any atom is 0.333 e. The van der Waals surface area contributed by atoms with Gasteiger partial charge in [0, 0.05) is 62.8 Å². The van der Waals surface area contributed by atoms with E-state index >= 15 is 0 Å². The van der Waals surface area contributed by atoms with E-state index in [0.29, 0.717) is 35.2 Å². The van der Waals surface area contributed by atoms with Crippen LogP contribution >= 0.6 is 23.2 Å². The molecule has 46 heavy (non-hydrogen) atoms. The van der Waals surface area contributed by atoms with E-state index in [1.54, 1.807) is 18.2 Å². The topological polar surface area (TPSA) is 178 Å². The van der Waals surface area contributed by atoms with E-state index in [0.717, 1.165) is 17.8 Å². The van der Waals surface area contributed by atoms with E-state index in [2.05, 4.69) is 20.5 Å². The number of anilines is 1. The molecule has 0 atom stereocenters. The molecule has 240 valence electrons. The third-order valence-electron chi connectivity index (χ3n) is 6.59. The number of hydrogen-bond donors (Lipinski definition) is 0. The fraction of sp³-hybridized carbons (Fsp3) is 0.276. The number of benzene rings is 3. The first kappa shape index (κ1) is 33.7. The van der Waals surface area contributed by atoms with Crippen LogP contribution in [0.25, 0.3) is 0 Å². The highest BCUT2D eigenvalue weighted by Gasteiger charge is 2.32. The Morgan fingerprint density at radius 2 is 1.46 bits per heavy atom. The maximum atomic E-state index is 12.0. The minimum absolute atomic E-state index is 0.0394. The van der Waals surface area contributed by atoms with Crippen LogP contribution < -0.4 is 14.4 Å². The fourth-order valence-corrected chi connectivity index (χ4v) is 4.71. The van der Waals surface area contributed by atoms with Gasteiger partial charge in [-0.3, -0.25) is 19.7 Å². The van der Waals surface area contributed by atoms with E-state index in [1.807, 2.05) is 24.1 Å². The van der Waals surface area contributed by atoms with Crippen LogP contribution in [-0.4, -0.2) is 55.6 Å². The van der Waals surface area contributed by atoms with Crippen LogP contribution in [0.3, 0.4) is 0 Å². The molecule has 0 saturated carbocycles. The molecule has 4 rings (SSSR count). The summed E-state index contributed by atoms with van der Waals surface area (Å²) < 4.78 is 10.9. The minimum Gasteiger partial charge on any atom is -0.494 e. The van der Waals surface area contributed by atoms with Crippen molar-refractivity contribution in [1.82, 2.24) is 5.06 Å². The zero-order valence-corrected chi connectivity index (χ0v) is 26.3. The molecular weight excluding hydrogens is 645 g/mol. The number of ether oxygens (including phenoxy) is 2. The number of nitrogens with zero attached hydrogens (tertiary/aromatic N) is 7. The van der Waals surface area contributed by atoms with Gasteiger partial charge in [-0.2, -0.15) is 5.11 Å². The molecule has 0 N–H and O–H groups in total. The molecule has 0 radical (unpaired) electrons. The van der Waals surface area contributed by atoms with Crippen molar-refractivity contribution < 1.29 is 33.6 Å². The molecule has 17 heteroatoms. The molecule has 1 aliphatic rings. The average molecular weight is 672 g/mol. The van der Waals surface area contributed by atoms with Crippen LogP contribution in [0.15, 0.2) is 69.0 Å². The van der Waals surface area contributed by atoms with Crippen LogP contribution in [0.2, 0.25) is 10.0 Å². The van der Waals surface area contributed by atoms with Crippen LogP contribution in [0.5, 0.6) is 11.5 Å². The standard InChI is InChI=1S/C29H27Cl2N7O8/c1-36(12-4-5-28(41)46-37-26(39)10-11-27(37)40)18-8-6-17(7-9-18)32-33-22-15-25(45-3)23(16-24(22)44-2)34-35-29-20(30)13-19(38(42)43)14-21(29)31/h6-9,13-16H,4-5,10-12H2,1-3H3. The number of azo groups is 2. The molecule has 3 aromatic rings. The van der Waals surface area contributed by atoms with Gasteiger partial charge in [-0.15, -0.1) is 20.4 Å². The van der Waals surface area contributed by atoms with Crippen molar-refractivity contribution in [2.45, 2.75) is 25.7 Å². The zero-order valence-electron chi connectivity index (χ0n) is 24.8. The molecular formula is C29H27Cl2N7O8. The molecule has 3 aromatic carbocycles. The number of hydroxylamine groups is 2. The Balaban J connectivity index is 1.39. The smallest absolute Gasteiger partial charge is 0.333 e. The second-order valence-electron chi connectivity index (χ2n) is 9.70. The van der Waals surface area contributed by atoms with Crippen molar-refractivity contribution >= 4 is 75.1 Å². The quantitative estimate of drug-likeness (QED) is 0.0766. The number of non-ortho nitro benzene ring substituents is 1. The molecule has 15 nitrogen and oxygen atoms in total. The summed E-state index contributed by atoms with van der Waals surface area (Å²) in [5.41, 5.74) is 1.77. The summed E-state index contributed by atoms with van der Waals surface area (Å²) in [6.07, 6.45) is 0.575. The van der Waals surface area contributed by atoms with Crippen molar-refractivity contribution in [2.24, 2.45) is 20.5 Å². The van der Waals surface area contributed by atoms with Crippen LogP contribution in [0, 0.1) is 10.1 Å². The number of nitro benzene ring substituents is 1. The lowest BCUT2D eigenvalue weighted by Crippen LogP contribution is -2.32. The third-order valence-corrected chi connectivity index (χ3v) is 7.16. The Kier molecular flexibility index (Phi) is 11.2. The van der Waals surface area contributed by atoms with Crippen molar-refractivity contribution in [3.8, 4) is 11.5 Å². The minimum atomic E-state index is -0.644. The monoisotopic (exact) mass is 671 g/mol. The van der Waals surface area contributed by atoms with Crippen molar-refractivity contribution in [3.05, 3.63) is 68.7 Å². The maximum absolute atomic E-state index is 12.0. The molecule has 0 aliphatic carbocycles. The summed E-state index contributed by atoms with van der Waals surface area (Å²) in [7, 11) is 4.73. The molecule has 1 saturated heterocycles. The van der Waals surface area contributed by atoms with Crippen molar-refractivity contribution in [1.29, 1.82) is 0 Å². The fourth-order valence-electron chi connectivity index (χ4n) is 4.16. The Bertz CT molecular complexity index is 1680. The first-order chi connectivity index (χ1) is 22.0. The number of methoxy groups -OCH3 is 2. The van der Waals surface area contributed by atoms with E-state index < -0.39 is 22.7 Å². The largest absolute Gasteiger partial charge is 0.494 e. The first-order valence-corrected chi connectivity index (χ1v) is 14.4. The molecule has 1 fully saturated rings. The molecule has 0 unspecified atom stereocenters. The van der Waals surface area contributed by atoms with Gasteiger partial charge in [0.1, 0.15) is 28.6 Å². The third kappa shape index (κ3) is 8.31. The molecule has 2 amide bonds. The Morgan fingerprint density at radius 1 is 0.913 bits per heavy atom. The number of carbonyl (C=O) groups excluding carboxylic acids is 3. The van der Waals surface area contributed by atoms with Gasteiger partial charge in [0.2, 0.25) is 0 Å². The van der Waals surface area contributed by atoms with E-state index in [4.69, 9.17) is 37.5 Å². The molecule has 0 aromatic heterocycles. The van der Waals surface area contributed by atoms with Gasteiger partial charge in [0.25, 0.3) is 17.5 Å². The van der Waals surface area contributed by atoms with Crippen molar-refractivity contribution in [3.63, 3.8) is 0 Å². The van der Waals surface area contributed by atoms with Crippen LogP contribution in [0.4, 0.5) is 34.1 Å². The van der Waals surface area contributed by atoms with Crippen LogP contribution in [-0.2, 0) is 19.2 Å². The van der Waals surface area contributed by atoms with Gasteiger partial charge in [0.05, 0.1) is 34.9 Å². The van der Waals surface area contributed by atoms with Gasteiger partial charge in [0.15, 0.2) is 0 Å². The summed E-state index contributed by atoms with van der Waals surface area (Å²) in [4.78, 5) is 52.4. The van der Waals surface area contributed by atoms with Gasteiger partial charge in [-0.1, -0.05) is 23.2 Å². The number of halogens is 2. The highest BCUT2D eigenvalue weighted by molar-refractivity contribution is 6.39. The summed E-state index contributed by atoms with van der Waals surface area (Å²) in [6, 6.07) is 12.5. The Morgan fingerprint density at radius 3 is 1.98 bits per heavy atom. The van der Waals surface area contributed by atoms with Crippen LogP contribution in [0.1, 0.15) is 25.7 Å². The average Bonchev–Trinajstić information content (AvgIpc) is 3.35. The lowest BCUT2D eigenvalue weighted by atomic mass is 10.2. The Labute approximate surface area is 272 Å². The zero-order chi connectivity index (χ0) is 33.4. The van der Waals surface area contributed by atoms with Gasteiger partial charge in [-0.05, 0) is 30.7 Å². The molecule has 0 bridgehead atoms. The predicted molar refractivity (Wildman–Crippen MR) is 167 cm³/mol. The summed E-state index contributed by atoms with van der Waals surface area (Å²) in [6.45, 7) is 0.515. The molecule has 0 spiro atoms. The van der Waals surface area contributed by atoms with E-state index in [1.165, 1.54) is 20.3 Å². The summed E-state index contributed by atoms with van der Waals surface area (Å²) in [5, 5.41) is 28.3. The summed E-state index contributed by atoms with van der Waals surface area (Å²) in [5.74, 6) is -1.07. The van der Waals surface area contributed by atoms with Crippen molar-refractivity contribution in [2.75, 3.05) is 32.7 Å². The second-order valence-corrected chi connectivity index (χ2v) is 10.5. The predicted octanol–water partition coefficient (Wildman–Crippen LogP) is 7.57. The normalized spacial score (nSPS) is 13.1. The van der Waals surface area contributed by atoms with Gasteiger partial charge in [-0.25, -0.2) is 4.79 Å². The SMILES string of the molecule is COc1cc(N=Nc2c(Cl)cc([N+](=O)[O-])cc2Cl)c(OC)cc1N=Nc1ccc(N(C)CCCC(=O)ON2C(=O)CCC2=O)cc1. The Hall–Kier alpha value is -5.15. The number of imide groups is 1. The lowest BCUT2D eigenvalue weighted by Gasteiger charge is -2.19. The number of carbonyl (C=O) groups is 3. The first-order valence-electron chi connectivity index (χ1n) is 13.6. The number of hydrogen-bond acceptors (Lipinski definition) is 13. The highest BCUT2D eigenvalue weighted by Crippen LogP contribution is 2.43. The highest BCUT2D eigenvalue weighted by atomic mass is 35.5. The van der Waals surface area contributed by atoms with Gasteiger partial charge >= 0.3 is 5.97 Å². The molecule has 1 heterocycles. The number of rotatable bonds is 13. The summed E-state index contributed by atoms with van der Waals surface area (Å²) >= 11 is 12.3. The van der Waals surface area contributed by atoms with Gasteiger partial charge < -0.3 is 19.2 Å². The lowest BCUT2D eigenvalue weighted by molar-refractivity contribution is -0.384. The number of nitro groups is 1.